The molecule has 102 valence electrons. The number of rotatable bonds is 4. The maximum absolute atomic E-state index is 11.4. The molecular formula is C15H20N2O2. The third-order valence-corrected chi connectivity index (χ3v) is 4.29. The Hall–Kier alpha value is -1.55. The number of nitrogens with zero attached hydrogens (tertiary/aromatic N) is 1. The Balaban J connectivity index is 1.81. The van der Waals surface area contributed by atoms with Gasteiger partial charge in [0.05, 0.1) is 0 Å². The van der Waals surface area contributed by atoms with Crippen LogP contribution in [0.4, 0.5) is 11.4 Å². The third kappa shape index (κ3) is 2.21. The lowest BCUT2D eigenvalue weighted by molar-refractivity contribution is -0.123. The first-order chi connectivity index (χ1) is 9.19. The monoisotopic (exact) mass is 260 g/mol. The predicted octanol–water partition coefficient (Wildman–Crippen LogP) is 2.30. The van der Waals surface area contributed by atoms with Crippen LogP contribution in [-0.2, 0) is 4.79 Å². The Labute approximate surface area is 113 Å². The summed E-state index contributed by atoms with van der Waals surface area (Å²) in [6, 6.07) is 5.84. The molecule has 0 spiro atoms. The van der Waals surface area contributed by atoms with Crippen LogP contribution in [0.2, 0.25) is 0 Å². The molecular weight excluding hydrogens is 240 g/mol. The second kappa shape index (κ2) is 4.85. The lowest BCUT2D eigenvalue weighted by Crippen LogP contribution is -2.32. The summed E-state index contributed by atoms with van der Waals surface area (Å²) in [6.07, 6.45) is 3.01. The molecule has 3 rings (SSSR count). The van der Waals surface area contributed by atoms with Gasteiger partial charge in [-0.3, -0.25) is 4.79 Å². The second-order valence-corrected chi connectivity index (χ2v) is 5.50. The van der Waals surface area contributed by atoms with E-state index in [1.54, 1.807) is 0 Å². The zero-order valence-corrected chi connectivity index (χ0v) is 11.2. The maximum atomic E-state index is 11.4. The van der Waals surface area contributed by atoms with E-state index in [4.69, 9.17) is 0 Å². The summed E-state index contributed by atoms with van der Waals surface area (Å²) in [7, 11) is 0. The minimum absolute atomic E-state index is 0.325. The molecule has 2 aliphatic rings. The average Bonchev–Trinajstić information content (AvgIpc) is 2.64. The van der Waals surface area contributed by atoms with E-state index >= 15 is 0 Å². The summed E-state index contributed by atoms with van der Waals surface area (Å²) >= 11 is 0. The van der Waals surface area contributed by atoms with E-state index in [1.165, 1.54) is 19.3 Å². The largest absolute Gasteiger partial charge is 0.378 e. The molecule has 19 heavy (non-hydrogen) atoms. The van der Waals surface area contributed by atoms with E-state index in [0.29, 0.717) is 5.56 Å². The Kier molecular flexibility index (Phi) is 3.19. The number of amides is 1. The zero-order valence-electron chi connectivity index (χ0n) is 11.2. The number of benzene rings is 1. The summed E-state index contributed by atoms with van der Waals surface area (Å²) in [4.78, 5) is 13.8. The van der Waals surface area contributed by atoms with Crippen molar-refractivity contribution in [3.05, 3.63) is 23.8 Å². The number of carbonyl (C=O) groups is 1. The Morgan fingerprint density at radius 1 is 1.42 bits per heavy atom. The van der Waals surface area contributed by atoms with Gasteiger partial charge in [0.1, 0.15) is 0 Å². The molecule has 1 unspecified atom stereocenters. The van der Waals surface area contributed by atoms with Gasteiger partial charge in [-0.2, -0.15) is 0 Å². The highest BCUT2D eigenvalue weighted by atomic mass is 16.3. The van der Waals surface area contributed by atoms with E-state index < -0.39 is 6.10 Å². The van der Waals surface area contributed by atoms with Crippen LogP contribution in [0.15, 0.2) is 18.2 Å². The highest BCUT2D eigenvalue weighted by Gasteiger charge is 2.29. The van der Waals surface area contributed by atoms with Gasteiger partial charge in [-0.15, -0.1) is 0 Å². The zero-order chi connectivity index (χ0) is 13.4. The van der Waals surface area contributed by atoms with Gasteiger partial charge in [0.15, 0.2) is 6.10 Å². The fourth-order valence-electron chi connectivity index (χ4n) is 2.83. The van der Waals surface area contributed by atoms with Crippen molar-refractivity contribution in [1.82, 2.24) is 0 Å². The molecule has 2 N–H and O–H groups in total. The molecule has 1 aromatic carbocycles. The Morgan fingerprint density at radius 2 is 2.21 bits per heavy atom. The van der Waals surface area contributed by atoms with Crippen LogP contribution in [-0.4, -0.2) is 24.1 Å². The molecule has 4 nitrogen and oxygen atoms in total. The van der Waals surface area contributed by atoms with Crippen molar-refractivity contribution in [2.24, 2.45) is 5.92 Å². The Bertz CT molecular complexity index is 497. The second-order valence-electron chi connectivity index (χ2n) is 5.50. The maximum Gasteiger partial charge on any atom is 0.257 e. The van der Waals surface area contributed by atoms with Gasteiger partial charge in [-0.1, -0.05) is 12.5 Å². The van der Waals surface area contributed by atoms with Crippen molar-refractivity contribution in [2.45, 2.75) is 32.3 Å². The van der Waals surface area contributed by atoms with Gasteiger partial charge in [0.25, 0.3) is 5.91 Å². The molecule has 1 fully saturated rings. The quantitative estimate of drug-likeness (QED) is 0.873. The molecule has 4 heteroatoms. The molecule has 1 aromatic rings. The van der Waals surface area contributed by atoms with E-state index in [9.17, 15) is 9.90 Å². The molecule has 1 saturated carbocycles. The first-order valence-electron chi connectivity index (χ1n) is 7.07. The number of hydrogen-bond acceptors (Lipinski definition) is 3. The van der Waals surface area contributed by atoms with Crippen LogP contribution >= 0.6 is 0 Å². The van der Waals surface area contributed by atoms with E-state index in [-0.39, 0.29) is 5.91 Å². The number of anilines is 2. The van der Waals surface area contributed by atoms with Crippen LogP contribution in [0.25, 0.3) is 0 Å². The third-order valence-electron chi connectivity index (χ3n) is 4.29. The van der Waals surface area contributed by atoms with Crippen LogP contribution in [0.3, 0.4) is 0 Å². The highest BCUT2D eigenvalue weighted by molar-refractivity contribution is 6.02. The summed E-state index contributed by atoms with van der Waals surface area (Å²) in [5.74, 6) is 0.488. The number of fused-ring (bicyclic) bond motifs is 1. The van der Waals surface area contributed by atoms with Crippen LogP contribution in [0.1, 0.15) is 37.9 Å². The van der Waals surface area contributed by atoms with Crippen molar-refractivity contribution in [3.8, 4) is 0 Å². The highest BCUT2D eigenvalue weighted by Crippen LogP contribution is 2.35. The molecule has 0 radical (unpaired) electrons. The van der Waals surface area contributed by atoms with Gasteiger partial charge < -0.3 is 15.3 Å². The van der Waals surface area contributed by atoms with Crippen molar-refractivity contribution < 1.29 is 9.90 Å². The van der Waals surface area contributed by atoms with Crippen LogP contribution < -0.4 is 10.2 Å². The average molecular weight is 260 g/mol. The first-order valence-corrected chi connectivity index (χ1v) is 7.07. The number of aliphatic hydroxyl groups is 1. The molecule has 0 aromatic heterocycles. The lowest BCUT2D eigenvalue weighted by Gasteiger charge is -2.33. The van der Waals surface area contributed by atoms with Crippen molar-refractivity contribution in [1.29, 1.82) is 0 Å². The number of aliphatic hydroxyl groups excluding tert-OH is 1. The standard InChI is InChI=1S/C15H20N2O2/c1-2-17(9-10-4-3-5-10)11-6-7-12-13(8-11)16-15(19)14(12)18/h6-8,10,14,18H,2-5,9H2,1H3,(H,16,19). The molecule has 1 atom stereocenters. The lowest BCUT2D eigenvalue weighted by atomic mass is 9.85. The number of carbonyl (C=O) groups excluding carboxylic acids is 1. The molecule has 1 amide bonds. The van der Waals surface area contributed by atoms with Gasteiger partial charge in [-0.05, 0) is 37.8 Å². The van der Waals surface area contributed by atoms with Crippen LogP contribution in [0.5, 0.6) is 0 Å². The molecule has 1 heterocycles. The smallest absolute Gasteiger partial charge is 0.257 e. The molecule has 0 bridgehead atoms. The van der Waals surface area contributed by atoms with Crippen molar-refractivity contribution >= 4 is 17.3 Å². The fourth-order valence-corrected chi connectivity index (χ4v) is 2.83. The summed E-state index contributed by atoms with van der Waals surface area (Å²) in [6.45, 7) is 4.21. The summed E-state index contributed by atoms with van der Waals surface area (Å²) in [5.41, 5.74) is 2.57. The van der Waals surface area contributed by atoms with E-state index in [2.05, 4.69) is 17.1 Å². The van der Waals surface area contributed by atoms with Gasteiger partial charge in [0.2, 0.25) is 0 Å². The van der Waals surface area contributed by atoms with Gasteiger partial charge >= 0.3 is 0 Å². The van der Waals surface area contributed by atoms with Gasteiger partial charge in [-0.25, -0.2) is 0 Å². The van der Waals surface area contributed by atoms with Gasteiger partial charge in [0, 0.05) is 30.0 Å². The predicted molar refractivity (Wildman–Crippen MR) is 75.3 cm³/mol. The number of nitrogens with one attached hydrogen (secondary N) is 1. The van der Waals surface area contributed by atoms with E-state index in [1.807, 2.05) is 18.2 Å². The topological polar surface area (TPSA) is 52.6 Å². The van der Waals surface area contributed by atoms with Crippen molar-refractivity contribution in [3.63, 3.8) is 0 Å². The molecule has 0 saturated heterocycles. The van der Waals surface area contributed by atoms with E-state index in [0.717, 1.165) is 30.4 Å². The van der Waals surface area contributed by atoms with Crippen LogP contribution in [0, 0.1) is 5.92 Å². The molecule has 1 aliphatic carbocycles. The van der Waals surface area contributed by atoms with Crippen molar-refractivity contribution in [2.75, 3.05) is 23.3 Å². The minimum Gasteiger partial charge on any atom is -0.378 e. The first kappa shape index (κ1) is 12.5. The number of hydrogen-bond donors (Lipinski definition) is 2. The fraction of sp³-hybridized carbons (Fsp3) is 0.533. The summed E-state index contributed by atoms with van der Waals surface area (Å²) < 4.78 is 0. The SMILES string of the molecule is CCN(CC1CCC1)c1ccc2c(c1)NC(=O)C2O. The summed E-state index contributed by atoms with van der Waals surface area (Å²) in [5, 5.41) is 12.4. The normalized spacial score (nSPS) is 21.8. The minimum atomic E-state index is -1.01. The Morgan fingerprint density at radius 3 is 2.84 bits per heavy atom. The molecule has 1 aliphatic heterocycles.